The monoisotopic (exact) mass is 445 g/mol. The summed E-state index contributed by atoms with van der Waals surface area (Å²) >= 11 is 1.18. The Morgan fingerprint density at radius 1 is 1.10 bits per heavy atom. The van der Waals surface area contributed by atoms with E-state index in [-0.39, 0.29) is 22.6 Å². The van der Waals surface area contributed by atoms with E-state index in [0.29, 0.717) is 20.9 Å². The Bertz CT molecular complexity index is 1220. The van der Waals surface area contributed by atoms with Gasteiger partial charge in [0.2, 0.25) is 5.91 Å². The van der Waals surface area contributed by atoms with Gasteiger partial charge in [0.25, 0.3) is 5.91 Å². The van der Waals surface area contributed by atoms with Gasteiger partial charge in [-0.25, -0.2) is 13.4 Å². The first-order chi connectivity index (χ1) is 14.0. The quantitative estimate of drug-likeness (QED) is 0.605. The number of hydrogen-bond acceptors (Lipinski definition) is 6. The number of carbonyl (C=O) groups is 2. The zero-order valence-corrected chi connectivity index (χ0v) is 18.7. The van der Waals surface area contributed by atoms with E-state index in [1.807, 2.05) is 26.8 Å². The number of nitrogens with zero attached hydrogens (tertiary/aromatic N) is 1. The number of hydrogen-bond donors (Lipinski definition) is 2. The molecule has 3 aromatic rings. The molecule has 0 aliphatic carbocycles. The summed E-state index contributed by atoms with van der Waals surface area (Å²) in [6, 6.07) is 11.0. The van der Waals surface area contributed by atoms with Gasteiger partial charge in [-0.05, 0) is 43.2 Å². The van der Waals surface area contributed by atoms with Crippen molar-refractivity contribution in [3.05, 3.63) is 53.6 Å². The van der Waals surface area contributed by atoms with Crippen molar-refractivity contribution in [2.24, 2.45) is 5.92 Å². The summed E-state index contributed by atoms with van der Waals surface area (Å²) < 4.78 is 24.1. The molecule has 0 saturated heterocycles. The van der Waals surface area contributed by atoms with E-state index in [2.05, 4.69) is 15.6 Å². The van der Waals surface area contributed by atoms with E-state index in [9.17, 15) is 18.0 Å². The number of carbonyl (C=O) groups excluding carboxylic acids is 2. The van der Waals surface area contributed by atoms with Gasteiger partial charge in [-0.1, -0.05) is 42.9 Å². The largest absolute Gasteiger partial charge is 0.340 e. The SMILES string of the molecule is Cc1cccc(C(=O)N[C@@H](C(=O)Nc2nc3ccc(S(C)(=O)=O)cc3s2)C(C)C)c1. The highest BCUT2D eigenvalue weighted by molar-refractivity contribution is 7.90. The summed E-state index contributed by atoms with van der Waals surface area (Å²) in [6.45, 7) is 5.58. The fraction of sp³-hybridized carbons (Fsp3) is 0.286. The Kier molecular flexibility index (Phi) is 6.23. The van der Waals surface area contributed by atoms with Crippen LogP contribution >= 0.6 is 11.3 Å². The van der Waals surface area contributed by atoms with Crippen LogP contribution in [-0.2, 0) is 14.6 Å². The van der Waals surface area contributed by atoms with Crippen molar-refractivity contribution in [1.29, 1.82) is 0 Å². The van der Waals surface area contributed by atoms with Gasteiger partial charge in [0.05, 0.1) is 15.1 Å². The van der Waals surface area contributed by atoms with Gasteiger partial charge in [-0.2, -0.15) is 0 Å². The Morgan fingerprint density at radius 3 is 2.47 bits per heavy atom. The van der Waals surface area contributed by atoms with Crippen LogP contribution in [-0.4, -0.2) is 37.5 Å². The lowest BCUT2D eigenvalue weighted by atomic mass is 10.0. The summed E-state index contributed by atoms with van der Waals surface area (Å²) in [4.78, 5) is 30.0. The standard InChI is InChI=1S/C21H23N3O4S2/c1-12(2)18(23-19(25)14-7-5-6-13(3)10-14)20(26)24-21-22-16-9-8-15(30(4,27)28)11-17(16)29-21/h5-12,18H,1-4H3,(H,23,25)(H,22,24,26)/t18-/m1/s1. The molecule has 1 atom stereocenters. The molecule has 3 rings (SSSR count). The average molecular weight is 446 g/mol. The Morgan fingerprint density at radius 2 is 1.83 bits per heavy atom. The summed E-state index contributed by atoms with van der Waals surface area (Å²) in [5.74, 6) is -0.854. The van der Waals surface area contributed by atoms with Crippen molar-refractivity contribution in [2.75, 3.05) is 11.6 Å². The molecule has 9 heteroatoms. The van der Waals surface area contributed by atoms with Crippen molar-refractivity contribution >= 4 is 48.3 Å². The van der Waals surface area contributed by atoms with Crippen LogP contribution in [0.4, 0.5) is 5.13 Å². The Labute approximate surface area is 179 Å². The molecule has 0 fully saturated rings. The molecule has 0 aliphatic heterocycles. The number of anilines is 1. The Balaban J connectivity index is 1.78. The van der Waals surface area contributed by atoms with Gasteiger partial charge in [-0.15, -0.1) is 0 Å². The molecule has 2 N–H and O–H groups in total. The lowest BCUT2D eigenvalue weighted by Crippen LogP contribution is -2.47. The number of nitrogens with one attached hydrogen (secondary N) is 2. The maximum atomic E-state index is 12.8. The molecule has 7 nitrogen and oxygen atoms in total. The average Bonchev–Trinajstić information content (AvgIpc) is 3.06. The zero-order valence-electron chi connectivity index (χ0n) is 17.1. The number of fused-ring (bicyclic) bond motifs is 1. The topological polar surface area (TPSA) is 105 Å². The minimum Gasteiger partial charge on any atom is -0.340 e. The van der Waals surface area contributed by atoms with Gasteiger partial charge in [0, 0.05) is 11.8 Å². The second-order valence-electron chi connectivity index (χ2n) is 7.47. The van der Waals surface area contributed by atoms with Gasteiger partial charge < -0.3 is 10.6 Å². The summed E-state index contributed by atoms with van der Waals surface area (Å²) in [6.07, 6.45) is 1.14. The van der Waals surface area contributed by atoms with Crippen molar-refractivity contribution < 1.29 is 18.0 Å². The van der Waals surface area contributed by atoms with Gasteiger partial charge in [0.1, 0.15) is 6.04 Å². The predicted octanol–water partition coefficient (Wildman–Crippen LogP) is 3.40. The highest BCUT2D eigenvalue weighted by Crippen LogP contribution is 2.28. The number of amides is 2. The molecule has 1 heterocycles. The summed E-state index contributed by atoms with van der Waals surface area (Å²) in [5, 5.41) is 5.88. The molecular weight excluding hydrogens is 422 g/mol. The predicted molar refractivity (Wildman–Crippen MR) is 119 cm³/mol. The molecule has 2 amide bonds. The van der Waals surface area contributed by atoms with Crippen LogP contribution in [0.15, 0.2) is 47.4 Å². The maximum Gasteiger partial charge on any atom is 0.251 e. The smallest absolute Gasteiger partial charge is 0.251 e. The fourth-order valence-electron chi connectivity index (χ4n) is 2.92. The van der Waals surface area contributed by atoms with Crippen LogP contribution < -0.4 is 10.6 Å². The Hall–Kier alpha value is -2.78. The second kappa shape index (κ2) is 8.53. The van der Waals surface area contributed by atoms with E-state index < -0.39 is 15.9 Å². The van der Waals surface area contributed by atoms with Gasteiger partial charge >= 0.3 is 0 Å². The highest BCUT2D eigenvalue weighted by atomic mass is 32.2. The first-order valence-electron chi connectivity index (χ1n) is 9.33. The normalized spacial score (nSPS) is 12.7. The molecule has 0 unspecified atom stereocenters. The molecule has 30 heavy (non-hydrogen) atoms. The van der Waals surface area contributed by atoms with E-state index in [0.717, 1.165) is 11.8 Å². The van der Waals surface area contributed by atoms with E-state index in [1.165, 1.54) is 23.5 Å². The highest BCUT2D eigenvalue weighted by Gasteiger charge is 2.25. The van der Waals surface area contributed by atoms with E-state index in [1.54, 1.807) is 24.3 Å². The van der Waals surface area contributed by atoms with Crippen molar-refractivity contribution in [1.82, 2.24) is 10.3 Å². The summed E-state index contributed by atoms with van der Waals surface area (Å²) in [5.41, 5.74) is 2.03. The minimum atomic E-state index is -3.33. The van der Waals surface area contributed by atoms with Crippen LogP contribution in [0, 0.1) is 12.8 Å². The molecule has 158 valence electrons. The number of benzene rings is 2. The third-order valence-corrected chi connectivity index (χ3v) is 6.58. The first kappa shape index (κ1) is 21.9. The molecule has 0 radical (unpaired) electrons. The minimum absolute atomic E-state index is 0.148. The second-order valence-corrected chi connectivity index (χ2v) is 10.5. The maximum absolute atomic E-state index is 12.8. The zero-order chi connectivity index (χ0) is 22.1. The molecule has 0 saturated carbocycles. The van der Waals surface area contributed by atoms with E-state index >= 15 is 0 Å². The van der Waals surface area contributed by atoms with Crippen LogP contribution in [0.25, 0.3) is 10.2 Å². The van der Waals surface area contributed by atoms with Crippen molar-refractivity contribution in [3.8, 4) is 0 Å². The fourth-order valence-corrected chi connectivity index (χ4v) is 4.55. The number of aryl methyl sites for hydroxylation is 1. The van der Waals surface area contributed by atoms with Gasteiger partial charge in [0.15, 0.2) is 15.0 Å². The lowest BCUT2D eigenvalue weighted by molar-refractivity contribution is -0.118. The molecule has 1 aromatic heterocycles. The third-order valence-electron chi connectivity index (χ3n) is 4.53. The number of rotatable bonds is 6. The van der Waals surface area contributed by atoms with Crippen LogP contribution in [0.5, 0.6) is 0 Å². The molecule has 2 aromatic carbocycles. The third kappa shape index (κ3) is 5.03. The first-order valence-corrected chi connectivity index (χ1v) is 12.0. The molecule has 0 spiro atoms. The van der Waals surface area contributed by atoms with Crippen LogP contribution in [0.1, 0.15) is 29.8 Å². The summed E-state index contributed by atoms with van der Waals surface area (Å²) in [7, 11) is -3.33. The number of thiazole rings is 1. The number of aromatic nitrogens is 1. The van der Waals surface area contributed by atoms with E-state index in [4.69, 9.17) is 0 Å². The number of sulfone groups is 1. The molecule has 0 aliphatic rings. The van der Waals surface area contributed by atoms with Crippen molar-refractivity contribution in [3.63, 3.8) is 0 Å². The lowest BCUT2D eigenvalue weighted by Gasteiger charge is -2.21. The van der Waals surface area contributed by atoms with Crippen LogP contribution in [0.3, 0.4) is 0 Å². The van der Waals surface area contributed by atoms with Crippen molar-refractivity contribution in [2.45, 2.75) is 31.7 Å². The molecular formula is C21H23N3O4S2. The van der Waals surface area contributed by atoms with Crippen LogP contribution in [0.2, 0.25) is 0 Å². The molecule has 0 bridgehead atoms. The van der Waals surface area contributed by atoms with Gasteiger partial charge in [-0.3, -0.25) is 9.59 Å².